The monoisotopic (exact) mass is 263 g/mol. The number of hydrogen-bond donors (Lipinski definition) is 1. The molecule has 1 aromatic carbocycles. The zero-order valence-electron chi connectivity index (χ0n) is 10.9. The Morgan fingerprint density at radius 2 is 1.94 bits per heavy atom. The summed E-state index contributed by atoms with van der Waals surface area (Å²) in [6.07, 6.45) is 6.51. The van der Waals surface area contributed by atoms with Crippen LogP contribution in [0, 0.1) is 5.92 Å². The van der Waals surface area contributed by atoms with Gasteiger partial charge in [0.05, 0.1) is 5.56 Å². The maximum absolute atomic E-state index is 12.3. The van der Waals surface area contributed by atoms with Crippen LogP contribution in [-0.2, 0) is 0 Å². The minimum absolute atomic E-state index is 0.0890. The van der Waals surface area contributed by atoms with E-state index in [4.69, 9.17) is 0 Å². The molecular weight excluding hydrogens is 242 g/mol. The van der Waals surface area contributed by atoms with Gasteiger partial charge in [-0.3, -0.25) is 4.79 Å². The molecule has 18 heavy (non-hydrogen) atoms. The molecule has 0 bridgehead atoms. The van der Waals surface area contributed by atoms with Crippen LogP contribution in [0.1, 0.15) is 42.5 Å². The van der Waals surface area contributed by atoms with Gasteiger partial charge in [0.15, 0.2) is 0 Å². The number of carbonyl (C=O) groups is 1. The molecule has 2 nitrogen and oxygen atoms in total. The summed E-state index contributed by atoms with van der Waals surface area (Å²) >= 11 is 4.35. The second-order valence-electron chi connectivity index (χ2n) is 5.21. The van der Waals surface area contributed by atoms with E-state index in [1.165, 1.54) is 32.1 Å². The molecule has 1 fully saturated rings. The van der Waals surface area contributed by atoms with Crippen molar-refractivity contribution >= 4 is 18.5 Å². The van der Waals surface area contributed by atoms with Gasteiger partial charge in [0.2, 0.25) is 0 Å². The molecule has 0 N–H and O–H groups in total. The predicted octanol–water partition coefficient (Wildman–Crippen LogP) is 3.63. The maximum atomic E-state index is 12.3. The van der Waals surface area contributed by atoms with Crippen molar-refractivity contribution in [1.29, 1.82) is 0 Å². The van der Waals surface area contributed by atoms with Crippen LogP contribution in [0.2, 0.25) is 0 Å². The van der Waals surface area contributed by atoms with Crippen molar-refractivity contribution in [3.05, 3.63) is 29.8 Å². The van der Waals surface area contributed by atoms with Crippen LogP contribution in [0.15, 0.2) is 29.2 Å². The van der Waals surface area contributed by atoms with Crippen LogP contribution < -0.4 is 0 Å². The zero-order chi connectivity index (χ0) is 13.0. The van der Waals surface area contributed by atoms with Gasteiger partial charge in [0.1, 0.15) is 0 Å². The molecule has 0 aliphatic heterocycles. The number of thiol groups is 1. The molecule has 1 aliphatic carbocycles. The van der Waals surface area contributed by atoms with Gasteiger partial charge in [-0.2, -0.15) is 0 Å². The molecule has 0 spiro atoms. The Labute approximate surface area is 115 Å². The van der Waals surface area contributed by atoms with Gasteiger partial charge in [-0.1, -0.05) is 31.4 Å². The maximum Gasteiger partial charge on any atom is 0.254 e. The van der Waals surface area contributed by atoms with E-state index in [1.54, 1.807) is 0 Å². The second-order valence-corrected chi connectivity index (χ2v) is 5.69. The molecule has 1 aliphatic rings. The number of amides is 1. The van der Waals surface area contributed by atoms with E-state index >= 15 is 0 Å². The molecule has 0 saturated heterocycles. The Kier molecular flexibility index (Phi) is 4.70. The Bertz CT molecular complexity index is 413. The van der Waals surface area contributed by atoms with Crippen LogP contribution in [0.3, 0.4) is 0 Å². The van der Waals surface area contributed by atoms with Crippen LogP contribution in [0.25, 0.3) is 0 Å². The largest absolute Gasteiger partial charge is 0.341 e. The fourth-order valence-corrected chi connectivity index (χ4v) is 2.96. The van der Waals surface area contributed by atoms with Gasteiger partial charge in [-0.05, 0) is 30.9 Å². The highest BCUT2D eigenvalue weighted by Crippen LogP contribution is 2.25. The molecule has 3 heteroatoms. The molecule has 2 rings (SSSR count). The molecule has 0 radical (unpaired) electrons. The van der Waals surface area contributed by atoms with E-state index in [0.29, 0.717) is 11.5 Å². The third kappa shape index (κ3) is 3.29. The van der Waals surface area contributed by atoms with Crippen molar-refractivity contribution in [3.63, 3.8) is 0 Å². The van der Waals surface area contributed by atoms with Crippen LogP contribution in [-0.4, -0.2) is 24.4 Å². The van der Waals surface area contributed by atoms with Gasteiger partial charge >= 0.3 is 0 Å². The van der Waals surface area contributed by atoms with Gasteiger partial charge in [0.25, 0.3) is 5.91 Å². The highest BCUT2D eigenvalue weighted by Gasteiger charge is 2.19. The summed E-state index contributed by atoms with van der Waals surface area (Å²) < 4.78 is 0. The number of nitrogens with zero attached hydrogens (tertiary/aromatic N) is 1. The van der Waals surface area contributed by atoms with Crippen molar-refractivity contribution in [2.75, 3.05) is 13.6 Å². The molecule has 0 atom stereocenters. The van der Waals surface area contributed by atoms with Gasteiger partial charge in [-0.15, -0.1) is 12.6 Å². The second kappa shape index (κ2) is 6.28. The van der Waals surface area contributed by atoms with Crippen molar-refractivity contribution in [2.45, 2.75) is 37.0 Å². The Balaban J connectivity index is 1.98. The quantitative estimate of drug-likeness (QED) is 0.826. The molecular formula is C15H21NOS. The highest BCUT2D eigenvalue weighted by molar-refractivity contribution is 7.80. The Hall–Kier alpha value is -0.960. The molecule has 0 aromatic heterocycles. The normalized spacial score (nSPS) is 16.6. The molecule has 0 unspecified atom stereocenters. The molecule has 1 aromatic rings. The SMILES string of the molecule is CN(CC1CCCCC1)C(=O)c1ccccc1S. The fourth-order valence-electron chi connectivity index (χ4n) is 2.70. The lowest BCUT2D eigenvalue weighted by Crippen LogP contribution is -2.32. The topological polar surface area (TPSA) is 20.3 Å². The highest BCUT2D eigenvalue weighted by atomic mass is 32.1. The lowest BCUT2D eigenvalue weighted by Gasteiger charge is -2.27. The van der Waals surface area contributed by atoms with E-state index in [-0.39, 0.29) is 5.91 Å². The molecule has 1 amide bonds. The number of hydrogen-bond acceptors (Lipinski definition) is 2. The lowest BCUT2D eigenvalue weighted by molar-refractivity contribution is 0.0757. The van der Waals surface area contributed by atoms with Crippen molar-refractivity contribution in [3.8, 4) is 0 Å². The number of benzene rings is 1. The summed E-state index contributed by atoms with van der Waals surface area (Å²) in [5.74, 6) is 0.769. The third-order valence-corrected chi connectivity index (χ3v) is 4.13. The summed E-state index contributed by atoms with van der Waals surface area (Å²) in [7, 11) is 1.90. The van der Waals surface area contributed by atoms with Gasteiger partial charge < -0.3 is 4.90 Å². The number of carbonyl (C=O) groups excluding carboxylic acids is 1. The Morgan fingerprint density at radius 3 is 2.61 bits per heavy atom. The van der Waals surface area contributed by atoms with Gasteiger partial charge in [-0.25, -0.2) is 0 Å². The first-order valence-corrected chi connectivity index (χ1v) is 7.16. The average molecular weight is 263 g/mol. The number of rotatable bonds is 3. The first kappa shape index (κ1) is 13.5. The van der Waals surface area contributed by atoms with E-state index in [1.807, 2.05) is 36.2 Å². The van der Waals surface area contributed by atoms with Crippen LogP contribution in [0.5, 0.6) is 0 Å². The minimum atomic E-state index is 0.0890. The fraction of sp³-hybridized carbons (Fsp3) is 0.533. The van der Waals surface area contributed by atoms with Crippen LogP contribution in [0.4, 0.5) is 0 Å². The third-order valence-electron chi connectivity index (χ3n) is 3.74. The minimum Gasteiger partial charge on any atom is -0.341 e. The first-order valence-electron chi connectivity index (χ1n) is 6.72. The van der Waals surface area contributed by atoms with Gasteiger partial charge in [0, 0.05) is 18.5 Å². The first-order chi connectivity index (χ1) is 8.68. The van der Waals surface area contributed by atoms with E-state index < -0.39 is 0 Å². The standard InChI is InChI=1S/C15H21NOS/c1-16(11-12-7-3-2-4-8-12)15(17)13-9-5-6-10-14(13)18/h5-6,9-10,12,18H,2-4,7-8,11H2,1H3. The smallest absolute Gasteiger partial charge is 0.254 e. The van der Waals surface area contributed by atoms with E-state index in [9.17, 15) is 4.79 Å². The molecule has 98 valence electrons. The summed E-state index contributed by atoms with van der Waals surface area (Å²) in [5.41, 5.74) is 0.708. The summed E-state index contributed by atoms with van der Waals surface area (Å²) in [5, 5.41) is 0. The van der Waals surface area contributed by atoms with E-state index in [0.717, 1.165) is 11.4 Å². The summed E-state index contributed by atoms with van der Waals surface area (Å²) in [6, 6.07) is 7.51. The summed E-state index contributed by atoms with van der Waals surface area (Å²) in [6.45, 7) is 0.876. The molecule has 0 heterocycles. The van der Waals surface area contributed by atoms with Crippen molar-refractivity contribution in [1.82, 2.24) is 4.90 Å². The van der Waals surface area contributed by atoms with Crippen molar-refractivity contribution in [2.24, 2.45) is 5.92 Å². The van der Waals surface area contributed by atoms with Crippen LogP contribution >= 0.6 is 12.6 Å². The lowest BCUT2D eigenvalue weighted by atomic mass is 9.89. The average Bonchev–Trinajstić information content (AvgIpc) is 2.39. The zero-order valence-corrected chi connectivity index (χ0v) is 11.8. The predicted molar refractivity (Wildman–Crippen MR) is 77.2 cm³/mol. The molecule has 1 saturated carbocycles. The van der Waals surface area contributed by atoms with Crippen molar-refractivity contribution < 1.29 is 4.79 Å². The Morgan fingerprint density at radius 1 is 1.28 bits per heavy atom. The summed E-state index contributed by atoms with van der Waals surface area (Å²) in [4.78, 5) is 14.9. The van der Waals surface area contributed by atoms with E-state index in [2.05, 4.69) is 12.6 Å².